The molecule has 0 saturated carbocycles. The lowest BCUT2D eigenvalue weighted by molar-refractivity contribution is -0.120. The van der Waals surface area contributed by atoms with E-state index in [1.807, 2.05) is 61.5 Å². The van der Waals surface area contributed by atoms with Gasteiger partial charge in [0.2, 0.25) is 5.91 Å². The number of benzene rings is 2. The first-order chi connectivity index (χ1) is 12.7. The monoisotopic (exact) mass is 354 g/mol. The van der Waals surface area contributed by atoms with Crippen LogP contribution in [0, 0.1) is 0 Å². The van der Waals surface area contributed by atoms with Gasteiger partial charge in [-0.25, -0.2) is 0 Å². The molecule has 1 heterocycles. The first kappa shape index (κ1) is 18.3. The van der Waals surface area contributed by atoms with Crippen LogP contribution < -0.4 is 15.4 Å². The van der Waals surface area contributed by atoms with E-state index >= 15 is 0 Å². The Bertz CT molecular complexity index is 699. The third-order valence-electron chi connectivity index (χ3n) is 4.45. The smallest absolute Gasteiger partial charge is 0.239 e. The summed E-state index contributed by atoms with van der Waals surface area (Å²) in [6.07, 6.45) is 2.29. The average molecular weight is 354 g/mol. The van der Waals surface area contributed by atoms with Gasteiger partial charge in [-0.15, -0.1) is 0 Å². The molecule has 2 N–H and O–H groups in total. The highest BCUT2D eigenvalue weighted by atomic mass is 16.5. The van der Waals surface area contributed by atoms with Crippen molar-refractivity contribution >= 4 is 11.6 Å². The zero-order chi connectivity index (χ0) is 18.2. The van der Waals surface area contributed by atoms with Crippen molar-refractivity contribution in [1.82, 2.24) is 5.32 Å². The van der Waals surface area contributed by atoms with E-state index in [1.165, 1.54) is 0 Å². The Morgan fingerprint density at radius 2 is 1.96 bits per heavy atom. The van der Waals surface area contributed by atoms with Crippen LogP contribution in [-0.2, 0) is 9.53 Å². The van der Waals surface area contributed by atoms with Gasteiger partial charge in [0.1, 0.15) is 12.4 Å². The molecule has 0 radical (unpaired) electrons. The highest BCUT2D eigenvalue weighted by Gasteiger charge is 2.17. The molecule has 1 aliphatic rings. The van der Waals surface area contributed by atoms with Crippen molar-refractivity contribution < 1.29 is 14.3 Å². The van der Waals surface area contributed by atoms with Gasteiger partial charge >= 0.3 is 0 Å². The average Bonchev–Trinajstić information content (AvgIpc) is 3.19. The number of ether oxygens (including phenoxy) is 2. The Morgan fingerprint density at radius 1 is 1.19 bits per heavy atom. The molecule has 0 spiro atoms. The van der Waals surface area contributed by atoms with Crippen molar-refractivity contribution in [2.24, 2.45) is 0 Å². The summed E-state index contributed by atoms with van der Waals surface area (Å²) in [5.41, 5.74) is 1.90. The van der Waals surface area contributed by atoms with E-state index in [0.29, 0.717) is 6.61 Å². The van der Waals surface area contributed by atoms with Crippen LogP contribution in [-0.4, -0.2) is 31.8 Å². The van der Waals surface area contributed by atoms with Crippen LogP contribution in [0.4, 0.5) is 5.69 Å². The van der Waals surface area contributed by atoms with E-state index in [4.69, 9.17) is 9.47 Å². The molecule has 3 rings (SSSR count). The molecule has 1 fully saturated rings. The molecule has 5 nitrogen and oxygen atoms in total. The zero-order valence-corrected chi connectivity index (χ0v) is 15.1. The Morgan fingerprint density at radius 3 is 2.73 bits per heavy atom. The molecule has 1 aliphatic heterocycles. The van der Waals surface area contributed by atoms with Crippen LogP contribution in [0.15, 0.2) is 54.6 Å². The van der Waals surface area contributed by atoms with Gasteiger partial charge in [-0.05, 0) is 37.5 Å². The number of rotatable bonds is 8. The number of carbonyl (C=O) groups excluding carboxylic acids is 1. The first-order valence-corrected chi connectivity index (χ1v) is 9.14. The minimum absolute atomic E-state index is 0.0310. The summed E-state index contributed by atoms with van der Waals surface area (Å²) >= 11 is 0. The Kier molecular flexibility index (Phi) is 6.50. The second kappa shape index (κ2) is 9.25. The molecule has 26 heavy (non-hydrogen) atoms. The molecule has 1 amide bonds. The van der Waals surface area contributed by atoms with Crippen molar-refractivity contribution in [3.63, 3.8) is 0 Å². The normalized spacial score (nSPS) is 17.5. The molecule has 138 valence electrons. The fourth-order valence-electron chi connectivity index (χ4n) is 2.99. The SMILES string of the molecule is CC(NC(=O)CNc1ccccc1OCC1CCCO1)c1ccccc1. The second-order valence-electron chi connectivity index (χ2n) is 6.50. The molecule has 2 atom stereocenters. The van der Waals surface area contributed by atoms with E-state index in [2.05, 4.69) is 10.6 Å². The minimum atomic E-state index is -0.0599. The molecule has 2 unspecified atom stereocenters. The lowest BCUT2D eigenvalue weighted by atomic mass is 10.1. The number of para-hydroxylation sites is 2. The summed E-state index contributed by atoms with van der Waals surface area (Å²) < 4.78 is 11.5. The number of hydrogen-bond donors (Lipinski definition) is 2. The quantitative estimate of drug-likeness (QED) is 0.761. The van der Waals surface area contributed by atoms with Gasteiger partial charge in [-0.3, -0.25) is 4.79 Å². The van der Waals surface area contributed by atoms with Crippen molar-refractivity contribution in [1.29, 1.82) is 0 Å². The van der Waals surface area contributed by atoms with E-state index < -0.39 is 0 Å². The fourth-order valence-corrected chi connectivity index (χ4v) is 2.99. The van der Waals surface area contributed by atoms with Gasteiger partial charge < -0.3 is 20.1 Å². The number of hydrogen-bond acceptors (Lipinski definition) is 4. The maximum atomic E-state index is 12.2. The molecule has 2 aromatic carbocycles. The molecular weight excluding hydrogens is 328 g/mol. The zero-order valence-electron chi connectivity index (χ0n) is 15.1. The van der Waals surface area contributed by atoms with Crippen LogP contribution in [0.25, 0.3) is 0 Å². The Labute approximate surface area is 154 Å². The lowest BCUT2D eigenvalue weighted by Gasteiger charge is -2.17. The van der Waals surface area contributed by atoms with Crippen molar-refractivity contribution in [2.45, 2.75) is 31.9 Å². The highest BCUT2D eigenvalue weighted by Crippen LogP contribution is 2.25. The Hall–Kier alpha value is -2.53. The number of nitrogens with one attached hydrogen (secondary N) is 2. The number of amides is 1. The number of carbonyl (C=O) groups is 1. The van der Waals surface area contributed by atoms with Crippen molar-refractivity contribution in [2.75, 3.05) is 25.1 Å². The van der Waals surface area contributed by atoms with Gasteiger partial charge in [0.05, 0.1) is 24.4 Å². The number of anilines is 1. The van der Waals surface area contributed by atoms with E-state index in [-0.39, 0.29) is 24.6 Å². The summed E-state index contributed by atoms with van der Waals surface area (Å²) in [5.74, 6) is 0.683. The summed E-state index contributed by atoms with van der Waals surface area (Å²) in [6.45, 7) is 3.52. The molecular formula is C21H26N2O3. The van der Waals surface area contributed by atoms with E-state index in [9.17, 15) is 4.79 Å². The first-order valence-electron chi connectivity index (χ1n) is 9.14. The van der Waals surface area contributed by atoms with Crippen LogP contribution >= 0.6 is 0 Å². The standard InChI is InChI=1S/C21H26N2O3/c1-16(17-8-3-2-4-9-17)23-21(24)14-22-19-11-5-6-12-20(19)26-15-18-10-7-13-25-18/h2-6,8-9,11-12,16,18,22H,7,10,13-15H2,1H3,(H,23,24). The van der Waals surface area contributed by atoms with Crippen LogP contribution in [0.5, 0.6) is 5.75 Å². The predicted octanol–water partition coefficient (Wildman–Crippen LogP) is 3.53. The summed E-state index contributed by atoms with van der Waals surface area (Å²) in [5, 5.41) is 6.17. The van der Waals surface area contributed by atoms with Gasteiger partial charge in [0, 0.05) is 6.61 Å². The molecule has 1 saturated heterocycles. The molecule has 5 heteroatoms. The van der Waals surface area contributed by atoms with Gasteiger partial charge in [-0.2, -0.15) is 0 Å². The maximum Gasteiger partial charge on any atom is 0.239 e. The summed E-state index contributed by atoms with van der Waals surface area (Å²) in [4.78, 5) is 12.2. The Balaban J connectivity index is 1.49. The van der Waals surface area contributed by atoms with Gasteiger partial charge in [0.15, 0.2) is 0 Å². The summed E-state index contributed by atoms with van der Waals surface area (Å²) in [6, 6.07) is 17.6. The van der Waals surface area contributed by atoms with Crippen LogP contribution in [0.2, 0.25) is 0 Å². The third-order valence-corrected chi connectivity index (χ3v) is 4.45. The lowest BCUT2D eigenvalue weighted by Crippen LogP contribution is -2.32. The third kappa shape index (κ3) is 5.23. The predicted molar refractivity (Wildman–Crippen MR) is 102 cm³/mol. The van der Waals surface area contributed by atoms with Gasteiger partial charge in [-0.1, -0.05) is 42.5 Å². The molecule has 0 aromatic heterocycles. The largest absolute Gasteiger partial charge is 0.489 e. The van der Waals surface area contributed by atoms with Crippen LogP contribution in [0.3, 0.4) is 0 Å². The van der Waals surface area contributed by atoms with E-state index in [0.717, 1.165) is 36.4 Å². The molecule has 0 bridgehead atoms. The fraction of sp³-hybridized carbons (Fsp3) is 0.381. The topological polar surface area (TPSA) is 59.6 Å². The van der Waals surface area contributed by atoms with Gasteiger partial charge in [0.25, 0.3) is 0 Å². The second-order valence-corrected chi connectivity index (χ2v) is 6.50. The highest BCUT2D eigenvalue weighted by molar-refractivity contribution is 5.81. The maximum absolute atomic E-state index is 12.2. The van der Waals surface area contributed by atoms with Crippen molar-refractivity contribution in [3.8, 4) is 5.75 Å². The summed E-state index contributed by atoms with van der Waals surface area (Å²) in [7, 11) is 0. The minimum Gasteiger partial charge on any atom is -0.489 e. The van der Waals surface area contributed by atoms with Crippen molar-refractivity contribution in [3.05, 3.63) is 60.2 Å². The van der Waals surface area contributed by atoms with E-state index in [1.54, 1.807) is 0 Å². The molecule has 0 aliphatic carbocycles. The van der Waals surface area contributed by atoms with Crippen LogP contribution in [0.1, 0.15) is 31.4 Å². The molecule has 2 aromatic rings.